The molecule has 0 saturated carbocycles. The summed E-state index contributed by atoms with van der Waals surface area (Å²) < 4.78 is 2.54. The minimum atomic E-state index is -0.201. The number of nitrogens with zero attached hydrogens (tertiary/aromatic N) is 2. The van der Waals surface area contributed by atoms with Crippen molar-refractivity contribution in [1.82, 2.24) is 0 Å². The first kappa shape index (κ1) is 29.7. The van der Waals surface area contributed by atoms with E-state index in [4.69, 9.17) is 9.98 Å². The van der Waals surface area contributed by atoms with Crippen LogP contribution in [-0.4, -0.2) is 11.5 Å². The van der Waals surface area contributed by atoms with Crippen molar-refractivity contribution >= 4 is 75.4 Å². The van der Waals surface area contributed by atoms with Gasteiger partial charge in [-0.2, -0.15) is 0 Å². The van der Waals surface area contributed by atoms with Gasteiger partial charge in [-0.3, -0.25) is 4.99 Å². The third-order valence-electron chi connectivity index (χ3n) is 10.2. The van der Waals surface area contributed by atoms with Crippen molar-refractivity contribution in [3.05, 3.63) is 192 Å². The van der Waals surface area contributed by atoms with Crippen molar-refractivity contribution in [3.8, 4) is 11.1 Å². The fourth-order valence-corrected chi connectivity index (χ4v) is 9.02. The third-order valence-corrected chi connectivity index (χ3v) is 11.4. The van der Waals surface area contributed by atoms with E-state index in [0.29, 0.717) is 0 Å². The zero-order valence-corrected chi connectivity index (χ0v) is 28.9. The van der Waals surface area contributed by atoms with Gasteiger partial charge < -0.3 is 0 Å². The zero-order chi connectivity index (χ0) is 33.9. The van der Waals surface area contributed by atoms with Gasteiger partial charge in [-0.05, 0) is 79.7 Å². The smallest absolute Gasteiger partial charge is 0.156 e. The van der Waals surface area contributed by atoms with Crippen LogP contribution in [0, 0.1) is 0 Å². The molecule has 1 aliphatic rings. The highest BCUT2D eigenvalue weighted by Gasteiger charge is 2.22. The Morgan fingerprint density at radius 2 is 1.18 bits per heavy atom. The van der Waals surface area contributed by atoms with Crippen LogP contribution < -0.4 is 0 Å². The van der Waals surface area contributed by atoms with Crippen molar-refractivity contribution < 1.29 is 0 Å². The molecule has 0 amide bonds. The van der Waals surface area contributed by atoms with Crippen LogP contribution in [0.2, 0.25) is 0 Å². The molecule has 1 unspecified atom stereocenters. The molecule has 0 saturated heterocycles. The summed E-state index contributed by atoms with van der Waals surface area (Å²) in [7, 11) is 0. The summed E-state index contributed by atoms with van der Waals surface area (Å²) in [4.78, 5) is 11.1. The molecule has 0 fully saturated rings. The van der Waals surface area contributed by atoms with Gasteiger partial charge >= 0.3 is 0 Å². The summed E-state index contributed by atoms with van der Waals surface area (Å²) in [5.41, 5.74) is 7.86. The Kier molecular flexibility index (Phi) is 7.00. The van der Waals surface area contributed by atoms with Gasteiger partial charge in [-0.1, -0.05) is 152 Å². The second kappa shape index (κ2) is 12.0. The van der Waals surface area contributed by atoms with E-state index >= 15 is 0 Å². The van der Waals surface area contributed by atoms with Crippen molar-refractivity contribution in [2.75, 3.05) is 0 Å². The summed E-state index contributed by atoms with van der Waals surface area (Å²) in [5, 5.41) is 9.82. The third kappa shape index (κ3) is 5.09. The van der Waals surface area contributed by atoms with Crippen LogP contribution in [0.3, 0.4) is 0 Å². The summed E-state index contributed by atoms with van der Waals surface area (Å²) in [6.45, 7) is 2.18. The lowest BCUT2D eigenvalue weighted by atomic mass is 9.96. The van der Waals surface area contributed by atoms with Crippen molar-refractivity contribution in [3.63, 3.8) is 0 Å². The van der Waals surface area contributed by atoms with Gasteiger partial charge in [-0.25, -0.2) is 4.99 Å². The molecule has 9 aromatic rings. The zero-order valence-electron chi connectivity index (χ0n) is 28.0. The summed E-state index contributed by atoms with van der Waals surface area (Å²) in [6, 6.07) is 58.8. The molecule has 0 radical (unpaired) electrons. The Hall–Kier alpha value is -6.16. The molecule has 2 nitrogen and oxygen atoms in total. The molecule has 10 rings (SSSR count). The second-order valence-corrected chi connectivity index (χ2v) is 14.4. The molecule has 240 valence electrons. The van der Waals surface area contributed by atoms with E-state index in [1.54, 1.807) is 0 Å². The molecule has 8 aromatic carbocycles. The molecule has 0 aliphatic carbocycles. The molecule has 0 spiro atoms. The molecule has 0 bridgehead atoms. The summed E-state index contributed by atoms with van der Waals surface area (Å²) in [5.74, 6) is 0.753. The van der Waals surface area contributed by atoms with E-state index in [1.165, 1.54) is 58.2 Å². The Morgan fingerprint density at radius 3 is 1.98 bits per heavy atom. The minimum absolute atomic E-state index is 0.201. The highest BCUT2D eigenvalue weighted by molar-refractivity contribution is 7.26. The number of benzene rings is 8. The SMILES string of the molecule is CC1=CC(c2ccc3ccccc3c2)N=C(c2cc3sc4c(-c5ccccc5)cccc4c3c3ccccc23)N=C1c1ccc2ccccc2c1. The highest BCUT2D eigenvalue weighted by Crippen LogP contribution is 2.44. The van der Waals surface area contributed by atoms with E-state index in [2.05, 4.69) is 177 Å². The molecule has 1 aliphatic heterocycles. The fraction of sp³-hybridized carbons (Fsp3) is 0.0417. The predicted octanol–water partition coefficient (Wildman–Crippen LogP) is 13.1. The van der Waals surface area contributed by atoms with Crippen LogP contribution in [0.5, 0.6) is 0 Å². The van der Waals surface area contributed by atoms with Crippen LogP contribution in [0.1, 0.15) is 29.7 Å². The highest BCUT2D eigenvalue weighted by atomic mass is 32.1. The average molecular weight is 669 g/mol. The molecule has 3 heteroatoms. The number of allylic oxidation sites excluding steroid dienone is 1. The van der Waals surface area contributed by atoms with Crippen LogP contribution in [0.4, 0.5) is 0 Å². The van der Waals surface area contributed by atoms with Crippen molar-refractivity contribution in [2.45, 2.75) is 13.0 Å². The largest absolute Gasteiger partial charge is 0.254 e. The minimum Gasteiger partial charge on any atom is -0.254 e. The number of aliphatic imine (C=N–C) groups is 2. The van der Waals surface area contributed by atoms with Gasteiger partial charge in [0.2, 0.25) is 0 Å². The first-order valence-electron chi connectivity index (χ1n) is 17.4. The van der Waals surface area contributed by atoms with Gasteiger partial charge in [0.1, 0.15) is 0 Å². The number of thiophene rings is 1. The maximum atomic E-state index is 5.54. The lowest BCUT2D eigenvalue weighted by Gasteiger charge is -2.13. The van der Waals surface area contributed by atoms with Gasteiger partial charge in [-0.15, -0.1) is 11.3 Å². The van der Waals surface area contributed by atoms with Crippen LogP contribution >= 0.6 is 11.3 Å². The first-order valence-corrected chi connectivity index (χ1v) is 18.3. The fourth-order valence-electron chi connectivity index (χ4n) is 7.72. The number of amidine groups is 1. The quantitative estimate of drug-likeness (QED) is 0.178. The Morgan fingerprint density at radius 1 is 0.510 bits per heavy atom. The Balaban J connectivity index is 1.23. The number of fused-ring (bicyclic) bond motifs is 7. The van der Waals surface area contributed by atoms with E-state index in [1.807, 2.05) is 11.3 Å². The van der Waals surface area contributed by atoms with Crippen LogP contribution in [-0.2, 0) is 0 Å². The molecule has 2 heterocycles. The molecule has 1 aromatic heterocycles. The topological polar surface area (TPSA) is 24.7 Å². The molecular weight excluding hydrogens is 637 g/mol. The monoisotopic (exact) mass is 668 g/mol. The maximum Gasteiger partial charge on any atom is 0.156 e. The van der Waals surface area contributed by atoms with Gasteiger partial charge in [0.05, 0.1) is 11.8 Å². The van der Waals surface area contributed by atoms with Crippen molar-refractivity contribution in [2.24, 2.45) is 9.98 Å². The molecule has 51 heavy (non-hydrogen) atoms. The number of hydrogen-bond acceptors (Lipinski definition) is 3. The number of rotatable bonds is 4. The predicted molar refractivity (Wildman–Crippen MR) is 220 cm³/mol. The molecule has 1 atom stereocenters. The molecule has 0 N–H and O–H groups in total. The van der Waals surface area contributed by atoms with Crippen LogP contribution in [0.15, 0.2) is 185 Å². The Bertz CT molecular complexity index is 2930. The van der Waals surface area contributed by atoms with E-state index in [-0.39, 0.29) is 6.04 Å². The molecular formula is C48H32N2S. The van der Waals surface area contributed by atoms with Crippen LogP contribution in [0.25, 0.3) is 63.6 Å². The normalized spacial score (nSPS) is 14.9. The van der Waals surface area contributed by atoms with Gasteiger partial charge in [0, 0.05) is 31.3 Å². The van der Waals surface area contributed by atoms with Gasteiger partial charge in [0.25, 0.3) is 0 Å². The second-order valence-electron chi connectivity index (χ2n) is 13.4. The average Bonchev–Trinajstić information content (AvgIpc) is 3.48. The lowest BCUT2D eigenvalue weighted by molar-refractivity contribution is 0.910. The standard InChI is InChI=1S/C48H32N2S/c1-30-26-43(36-24-22-31-12-5-7-16-34(31)27-36)49-48(50-46(30)37-25-23-32-13-6-8-17-35(32)28-37)42-29-44-45(40-19-10-9-18-39(40)42)41-21-11-20-38(47(41)51-44)33-14-3-2-4-15-33/h2-29,43H,1H3. The van der Waals surface area contributed by atoms with Crippen molar-refractivity contribution in [1.29, 1.82) is 0 Å². The summed E-state index contributed by atoms with van der Waals surface area (Å²) in [6.07, 6.45) is 2.29. The van der Waals surface area contributed by atoms with E-state index < -0.39 is 0 Å². The first-order chi connectivity index (χ1) is 25.2. The van der Waals surface area contributed by atoms with E-state index in [9.17, 15) is 0 Å². The van der Waals surface area contributed by atoms with Gasteiger partial charge in [0.15, 0.2) is 5.84 Å². The Labute approximate surface area is 300 Å². The van der Waals surface area contributed by atoms with E-state index in [0.717, 1.165) is 39.2 Å². The summed E-state index contributed by atoms with van der Waals surface area (Å²) >= 11 is 1.86. The number of hydrogen-bond donors (Lipinski definition) is 0. The lowest BCUT2D eigenvalue weighted by Crippen LogP contribution is -2.07. The maximum absolute atomic E-state index is 5.54.